The van der Waals surface area contributed by atoms with Crippen LogP contribution in [-0.2, 0) is 0 Å². The molecule has 0 bridgehead atoms. The number of Topliss-reactive ketones (excluding diaryl/α,β-unsaturated/α-hetero) is 1. The summed E-state index contributed by atoms with van der Waals surface area (Å²) in [5.41, 5.74) is 1.40. The fourth-order valence-electron chi connectivity index (χ4n) is 1.42. The summed E-state index contributed by atoms with van der Waals surface area (Å²) < 4.78 is 0.568. The molecular weight excluding hydrogens is 270 g/mol. The number of phenols is 1. The van der Waals surface area contributed by atoms with Gasteiger partial charge in [-0.05, 0) is 46.6 Å². The van der Waals surface area contributed by atoms with E-state index in [2.05, 4.69) is 21.2 Å². The van der Waals surface area contributed by atoms with Crippen molar-refractivity contribution in [3.8, 4) is 5.75 Å². The molecular formula is C12H16BrNO2. The lowest BCUT2D eigenvalue weighted by Gasteiger charge is -2.11. The van der Waals surface area contributed by atoms with Crippen molar-refractivity contribution in [1.29, 1.82) is 0 Å². The average Bonchev–Trinajstić information content (AvgIpc) is 2.21. The Morgan fingerprint density at radius 2 is 2.12 bits per heavy atom. The highest BCUT2D eigenvalue weighted by atomic mass is 79.9. The predicted molar refractivity (Wildman–Crippen MR) is 68.2 cm³/mol. The van der Waals surface area contributed by atoms with Crippen LogP contribution in [0.25, 0.3) is 0 Å². The number of ketones is 1. The number of carbonyl (C=O) groups is 1. The number of benzene rings is 1. The Labute approximate surface area is 104 Å². The van der Waals surface area contributed by atoms with Crippen LogP contribution in [-0.4, -0.2) is 24.5 Å². The third kappa shape index (κ3) is 2.83. The van der Waals surface area contributed by atoms with E-state index in [9.17, 15) is 9.90 Å². The molecule has 0 radical (unpaired) electrons. The summed E-state index contributed by atoms with van der Waals surface area (Å²) in [7, 11) is 1.70. The topological polar surface area (TPSA) is 49.3 Å². The van der Waals surface area contributed by atoms with Gasteiger partial charge in [-0.15, -0.1) is 0 Å². The van der Waals surface area contributed by atoms with E-state index in [1.165, 1.54) is 0 Å². The Morgan fingerprint density at radius 3 is 2.62 bits per heavy atom. The van der Waals surface area contributed by atoms with E-state index in [1.54, 1.807) is 13.1 Å². The summed E-state index contributed by atoms with van der Waals surface area (Å²) >= 11 is 3.26. The van der Waals surface area contributed by atoms with Gasteiger partial charge in [0.2, 0.25) is 0 Å². The van der Waals surface area contributed by atoms with Crippen LogP contribution in [0.3, 0.4) is 0 Å². The fourth-order valence-corrected chi connectivity index (χ4v) is 1.90. The zero-order valence-electron chi connectivity index (χ0n) is 9.67. The van der Waals surface area contributed by atoms with E-state index in [-0.39, 0.29) is 18.1 Å². The first-order valence-corrected chi connectivity index (χ1v) is 5.96. The van der Waals surface area contributed by atoms with E-state index in [1.807, 2.05) is 19.9 Å². The van der Waals surface area contributed by atoms with Gasteiger partial charge >= 0.3 is 0 Å². The fraction of sp³-hybridized carbons (Fsp3) is 0.417. The quantitative estimate of drug-likeness (QED) is 0.837. The molecule has 0 saturated heterocycles. The van der Waals surface area contributed by atoms with E-state index < -0.39 is 0 Å². The molecule has 16 heavy (non-hydrogen) atoms. The van der Waals surface area contributed by atoms with Crippen molar-refractivity contribution in [1.82, 2.24) is 5.32 Å². The van der Waals surface area contributed by atoms with Crippen LogP contribution in [0.15, 0.2) is 16.6 Å². The molecule has 1 aromatic carbocycles. The van der Waals surface area contributed by atoms with Crippen molar-refractivity contribution in [2.75, 3.05) is 13.6 Å². The van der Waals surface area contributed by atoms with Crippen molar-refractivity contribution in [3.63, 3.8) is 0 Å². The van der Waals surface area contributed by atoms with Gasteiger partial charge in [-0.1, -0.05) is 13.8 Å². The largest absolute Gasteiger partial charge is 0.506 e. The second kappa shape index (κ2) is 5.46. The summed E-state index contributed by atoms with van der Waals surface area (Å²) in [6.07, 6.45) is 0. The lowest BCUT2D eigenvalue weighted by atomic mass is 9.98. The SMILES string of the molecule is CNCC(=O)c1cc(C(C)C)cc(Br)c1O. The maximum atomic E-state index is 11.7. The highest BCUT2D eigenvalue weighted by molar-refractivity contribution is 9.10. The Balaban J connectivity index is 3.21. The lowest BCUT2D eigenvalue weighted by Crippen LogP contribution is -2.19. The predicted octanol–water partition coefficient (Wildman–Crippen LogP) is 2.68. The molecule has 0 saturated carbocycles. The summed E-state index contributed by atoms with van der Waals surface area (Å²) in [6.45, 7) is 4.32. The van der Waals surface area contributed by atoms with Gasteiger partial charge in [-0.25, -0.2) is 0 Å². The summed E-state index contributed by atoms with van der Waals surface area (Å²) in [4.78, 5) is 11.7. The number of carbonyl (C=O) groups excluding carboxylic acids is 1. The Hall–Kier alpha value is -0.870. The maximum Gasteiger partial charge on any atom is 0.180 e. The molecule has 0 fully saturated rings. The minimum Gasteiger partial charge on any atom is -0.506 e. The summed E-state index contributed by atoms with van der Waals surface area (Å²) in [6, 6.07) is 3.60. The zero-order chi connectivity index (χ0) is 12.3. The molecule has 0 aliphatic carbocycles. The first-order chi connectivity index (χ1) is 7.47. The molecule has 88 valence electrons. The van der Waals surface area contributed by atoms with Gasteiger partial charge in [0.05, 0.1) is 16.6 Å². The van der Waals surface area contributed by atoms with Crippen molar-refractivity contribution in [2.45, 2.75) is 19.8 Å². The molecule has 0 aromatic heterocycles. The minimum atomic E-state index is -0.108. The molecule has 0 aliphatic heterocycles. The Bertz CT molecular complexity index is 402. The third-order valence-electron chi connectivity index (χ3n) is 2.39. The van der Waals surface area contributed by atoms with Crippen molar-refractivity contribution in [2.24, 2.45) is 0 Å². The van der Waals surface area contributed by atoms with Crippen LogP contribution in [0, 0.1) is 0 Å². The second-order valence-electron chi connectivity index (χ2n) is 4.01. The van der Waals surface area contributed by atoms with Crippen molar-refractivity contribution in [3.05, 3.63) is 27.7 Å². The molecule has 0 heterocycles. The molecule has 2 N–H and O–H groups in total. The van der Waals surface area contributed by atoms with Gasteiger partial charge in [-0.2, -0.15) is 0 Å². The van der Waals surface area contributed by atoms with Crippen LogP contribution in [0.5, 0.6) is 5.75 Å². The van der Waals surface area contributed by atoms with Gasteiger partial charge in [0, 0.05) is 0 Å². The van der Waals surface area contributed by atoms with Gasteiger partial charge in [0.1, 0.15) is 5.75 Å². The van der Waals surface area contributed by atoms with Crippen molar-refractivity contribution >= 4 is 21.7 Å². The van der Waals surface area contributed by atoms with E-state index in [4.69, 9.17) is 0 Å². The molecule has 0 atom stereocenters. The molecule has 0 aliphatic rings. The number of phenolic OH excluding ortho intramolecular Hbond substituents is 1. The number of rotatable bonds is 4. The first kappa shape index (κ1) is 13.2. The van der Waals surface area contributed by atoms with Gasteiger partial charge < -0.3 is 10.4 Å². The number of aromatic hydroxyl groups is 1. The number of halogens is 1. The van der Waals surface area contributed by atoms with Crippen LogP contribution < -0.4 is 5.32 Å². The van der Waals surface area contributed by atoms with Gasteiger partial charge in [-0.3, -0.25) is 4.79 Å². The van der Waals surface area contributed by atoms with Crippen LogP contribution in [0.1, 0.15) is 35.7 Å². The molecule has 3 nitrogen and oxygen atoms in total. The molecule has 4 heteroatoms. The van der Waals surface area contributed by atoms with Crippen LogP contribution in [0.4, 0.5) is 0 Å². The first-order valence-electron chi connectivity index (χ1n) is 5.17. The van der Waals surface area contributed by atoms with Crippen LogP contribution >= 0.6 is 15.9 Å². The standard InChI is InChI=1S/C12H16BrNO2/c1-7(2)8-4-9(11(15)6-14-3)12(16)10(13)5-8/h4-5,7,14,16H,6H2,1-3H3. The molecule has 0 amide bonds. The van der Waals surface area contributed by atoms with Crippen LogP contribution in [0.2, 0.25) is 0 Å². The zero-order valence-corrected chi connectivity index (χ0v) is 11.3. The Morgan fingerprint density at radius 1 is 1.50 bits per heavy atom. The monoisotopic (exact) mass is 285 g/mol. The lowest BCUT2D eigenvalue weighted by molar-refractivity contribution is 0.0991. The highest BCUT2D eigenvalue weighted by Crippen LogP contribution is 2.32. The number of nitrogens with one attached hydrogen (secondary N) is 1. The molecule has 1 aromatic rings. The third-order valence-corrected chi connectivity index (χ3v) is 2.99. The average molecular weight is 286 g/mol. The number of hydrogen-bond donors (Lipinski definition) is 2. The van der Waals surface area contributed by atoms with Gasteiger partial charge in [0.15, 0.2) is 5.78 Å². The van der Waals surface area contributed by atoms with E-state index >= 15 is 0 Å². The van der Waals surface area contributed by atoms with E-state index in [0.717, 1.165) is 5.56 Å². The summed E-state index contributed by atoms with van der Waals surface area (Å²) in [5, 5.41) is 12.6. The minimum absolute atomic E-state index is 0.0182. The highest BCUT2D eigenvalue weighted by Gasteiger charge is 2.15. The van der Waals surface area contributed by atoms with E-state index in [0.29, 0.717) is 16.0 Å². The molecule has 0 unspecified atom stereocenters. The normalized spacial score (nSPS) is 10.8. The van der Waals surface area contributed by atoms with Crippen molar-refractivity contribution < 1.29 is 9.90 Å². The Kier molecular flexibility index (Phi) is 4.50. The second-order valence-corrected chi connectivity index (χ2v) is 4.86. The summed E-state index contributed by atoms with van der Waals surface area (Å²) in [5.74, 6) is 0.228. The number of hydrogen-bond acceptors (Lipinski definition) is 3. The molecule has 0 spiro atoms. The maximum absolute atomic E-state index is 11.7. The number of likely N-dealkylation sites (N-methyl/N-ethyl adjacent to an activating group) is 1. The molecule has 1 rings (SSSR count). The van der Waals surface area contributed by atoms with Gasteiger partial charge in [0.25, 0.3) is 0 Å². The smallest absolute Gasteiger partial charge is 0.180 e.